The van der Waals surface area contributed by atoms with Crippen LogP contribution < -0.4 is 10.0 Å². The van der Waals surface area contributed by atoms with E-state index >= 15 is 0 Å². The summed E-state index contributed by atoms with van der Waals surface area (Å²) in [6, 6.07) is 6.73. The number of benzene rings is 1. The van der Waals surface area contributed by atoms with Gasteiger partial charge in [-0.1, -0.05) is 12.1 Å². The molecule has 8 heteroatoms. The molecule has 0 fully saturated rings. The summed E-state index contributed by atoms with van der Waals surface area (Å²) >= 11 is 1.01. The summed E-state index contributed by atoms with van der Waals surface area (Å²) in [7, 11) is -3.92. The number of para-hydroxylation sites is 1. The lowest BCUT2D eigenvalue weighted by Gasteiger charge is -2.06. The fourth-order valence-corrected chi connectivity index (χ4v) is 3.83. The minimum Gasteiger partial charge on any atom is -0.352 e. The zero-order chi connectivity index (χ0) is 15.5. The minimum atomic E-state index is -3.92. The van der Waals surface area contributed by atoms with Crippen molar-refractivity contribution in [3.63, 3.8) is 0 Å². The molecule has 2 aromatic rings. The normalized spacial score (nSPS) is 11.1. The third kappa shape index (κ3) is 3.59. The van der Waals surface area contributed by atoms with Gasteiger partial charge in [0.15, 0.2) is 0 Å². The van der Waals surface area contributed by atoms with Crippen molar-refractivity contribution in [2.45, 2.75) is 11.8 Å². The Morgan fingerprint density at radius 1 is 1.33 bits per heavy atom. The van der Waals surface area contributed by atoms with Gasteiger partial charge in [-0.15, -0.1) is 11.3 Å². The first-order valence-electron chi connectivity index (χ1n) is 6.08. The maximum atomic E-state index is 13.5. The molecule has 5 nitrogen and oxygen atoms in total. The van der Waals surface area contributed by atoms with Crippen LogP contribution in [0.2, 0.25) is 0 Å². The number of halogens is 1. The molecular formula is C13H13FN2O3S2. The van der Waals surface area contributed by atoms with Crippen LogP contribution in [0, 0.1) is 5.82 Å². The van der Waals surface area contributed by atoms with Gasteiger partial charge in [-0.3, -0.25) is 9.52 Å². The number of thiophene rings is 1. The number of hydrogen-bond donors (Lipinski definition) is 2. The van der Waals surface area contributed by atoms with Crippen LogP contribution in [0.4, 0.5) is 10.1 Å². The van der Waals surface area contributed by atoms with E-state index in [0.29, 0.717) is 6.54 Å². The van der Waals surface area contributed by atoms with Crippen molar-refractivity contribution in [1.82, 2.24) is 5.32 Å². The number of hydrogen-bond acceptors (Lipinski definition) is 4. The molecule has 0 bridgehead atoms. The van der Waals surface area contributed by atoms with Gasteiger partial charge in [-0.2, -0.15) is 0 Å². The van der Waals surface area contributed by atoms with Crippen LogP contribution in [0.3, 0.4) is 0 Å². The molecule has 0 unspecified atom stereocenters. The average Bonchev–Trinajstić information content (AvgIpc) is 2.92. The summed E-state index contributed by atoms with van der Waals surface area (Å²) in [5.41, 5.74) is -0.136. The van der Waals surface area contributed by atoms with E-state index in [1.807, 2.05) is 0 Å². The maximum Gasteiger partial charge on any atom is 0.262 e. The molecular weight excluding hydrogens is 315 g/mol. The summed E-state index contributed by atoms with van der Waals surface area (Å²) in [5.74, 6) is -1.00. The standard InChI is InChI=1S/C13H13FN2O3S2/c1-2-15-13(17)12-7-9(8-20-12)21(18,19)16-11-6-4-3-5-10(11)14/h3-8,16H,2H2,1H3,(H,15,17). The Morgan fingerprint density at radius 2 is 2.05 bits per heavy atom. The first-order chi connectivity index (χ1) is 9.94. The Morgan fingerprint density at radius 3 is 2.71 bits per heavy atom. The second-order valence-electron chi connectivity index (χ2n) is 4.09. The lowest BCUT2D eigenvalue weighted by Crippen LogP contribution is -2.21. The van der Waals surface area contributed by atoms with Crippen molar-refractivity contribution in [2.75, 3.05) is 11.3 Å². The fraction of sp³-hybridized carbons (Fsp3) is 0.154. The number of nitrogens with one attached hydrogen (secondary N) is 2. The van der Waals surface area contributed by atoms with Gasteiger partial charge in [0.1, 0.15) is 5.82 Å². The summed E-state index contributed by atoms with van der Waals surface area (Å²) < 4.78 is 39.9. The molecule has 0 saturated carbocycles. The smallest absolute Gasteiger partial charge is 0.262 e. The molecule has 21 heavy (non-hydrogen) atoms. The Hall–Kier alpha value is -1.93. The monoisotopic (exact) mass is 328 g/mol. The molecule has 1 aromatic carbocycles. The molecule has 0 spiro atoms. The van der Waals surface area contributed by atoms with Crippen molar-refractivity contribution >= 4 is 33.0 Å². The van der Waals surface area contributed by atoms with Gasteiger partial charge in [-0.25, -0.2) is 12.8 Å². The average molecular weight is 328 g/mol. The molecule has 0 saturated heterocycles. The van der Waals surface area contributed by atoms with Crippen LogP contribution in [0.5, 0.6) is 0 Å². The molecule has 2 rings (SSSR count). The summed E-state index contributed by atoms with van der Waals surface area (Å²) in [6.45, 7) is 2.22. The SMILES string of the molecule is CCNC(=O)c1cc(S(=O)(=O)Nc2ccccc2F)cs1. The Bertz CT molecular complexity index is 756. The van der Waals surface area contributed by atoms with Crippen LogP contribution in [-0.4, -0.2) is 20.9 Å². The predicted octanol–water partition coefficient (Wildman–Crippen LogP) is 2.44. The largest absolute Gasteiger partial charge is 0.352 e. The zero-order valence-corrected chi connectivity index (χ0v) is 12.7. The Labute approximate surface area is 125 Å². The van der Waals surface area contributed by atoms with E-state index < -0.39 is 15.8 Å². The first-order valence-corrected chi connectivity index (χ1v) is 8.44. The van der Waals surface area contributed by atoms with Gasteiger partial charge in [0.2, 0.25) is 0 Å². The summed E-state index contributed by atoms with van der Waals surface area (Å²) in [5, 5.41) is 3.92. The highest BCUT2D eigenvalue weighted by molar-refractivity contribution is 7.92. The molecule has 0 aliphatic carbocycles. The van der Waals surface area contributed by atoms with Crippen LogP contribution >= 0.6 is 11.3 Å². The van der Waals surface area contributed by atoms with E-state index in [1.165, 1.54) is 29.6 Å². The number of amides is 1. The molecule has 0 radical (unpaired) electrons. The fourth-order valence-electron chi connectivity index (χ4n) is 1.57. The van der Waals surface area contributed by atoms with E-state index in [1.54, 1.807) is 6.92 Å². The number of carbonyl (C=O) groups excluding carboxylic acids is 1. The van der Waals surface area contributed by atoms with E-state index in [4.69, 9.17) is 0 Å². The van der Waals surface area contributed by atoms with Gasteiger partial charge in [-0.05, 0) is 25.1 Å². The lowest BCUT2D eigenvalue weighted by atomic mass is 10.3. The first kappa shape index (κ1) is 15.5. The quantitative estimate of drug-likeness (QED) is 0.885. The van der Waals surface area contributed by atoms with Crippen LogP contribution in [0.15, 0.2) is 40.6 Å². The minimum absolute atomic E-state index is 0.0722. The van der Waals surface area contributed by atoms with Gasteiger partial charge in [0, 0.05) is 11.9 Å². The predicted molar refractivity (Wildman–Crippen MR) is 79.5 cm³/mol. The molecule has 0 aliphatic heterocycles. The third-order valence-corrected chi connectivity index (χ3v) is 4.99. The van der Waals surface area contributed by atoms with Crippen molar-refractivity contribution in [3.8, 4) is 0 Å². The second kappa shape index (κ2) is 6.23. The highest BCUT2D eigenvalue weighted by Gasteiger charge is 2.19. The highest BCUT2D eigenvalue weighted by Crippen LogP contribution is 2.23. The molecule has 1 amide bonds. The summed E-state index contributed by atoms with van der Waals surface area (Å²) in [4.78, 5) is 11.8. The lowest BCUT2D eigenvalue weighted by molar-refractivity contribution is 0.0959. The van der Waals surface area contributed by atoms with Gasteiger partial charge < -0.3 is 5.32 Å². The number of rotatable bonds is 5. The van der Waals surface area contributed by atoms with Gasteiger partial charge in [0.25, 0.3) is 15.9 Å². The van der Waals surface area contributed by atoms with Crippen LogP contribution in [0.25, 0.3) is 0 Å². The van der Waals surface area contributed by atoms with E-state index in [9.17, 15) is 17.6 Å². The van der Waals surface area contributed by atoms with Crippen molar-refractivity contribution in [2.24, 2.45) is 0 Å². The number of anilines is 1. The summed E-state index contributed by atoms with van der Waals surface area (Å²) in [6.07, 6.45) is 0. The number of sulfonamides is 1. The van der Waals surface area contributed by atoms with Crippen LogP contribution in [0.1, 0.15) is 16.6 Å². The molecule has 0 aliphatic rings. The molecule has 1 aromatic heterocycles. The van der Waals surface area contributed by atoms with Crippen molar-refractivity contribution in [1.29, 1.82) is 0 Å². The maximum absolute atomic E-state index is 13.5. The van der Waals surface area contributed by atoms with Gasteiger partial charge in [0.05, 0.1) is 15.5 Å². The zero-order valence-electron chi connectivity index (χ0n) is 11.1. The Kier molecular flexibility index (Phi) is 4.59. The van der Waals surface area contributed by atoms with E-state index in [2.05, 4.69) is 10.0 Å². The third-order valence-electron chi connectivity index (χ3n) is 2.57. The van der Waals surface area contributed by atoms with E-state index in [-0.39, 0.29) is 21.4 Å². The van der Waals surface area contributed by atoms with Crippen molar-refractivity contribution in [3.05, 3.63) is 46.4 Å². The Balaban J connectivity index is 2.25. The van der Waals surface area contributed by atoms with Crippen LogP contribution in [-0.2, 0) is 10.0 Å². The molecule has 112 valence electrons. The molecule has 2 N–H and O–H groups in total. The topological polar surface area (TPSA) is 75.3 Å². The van der Waals surface area contributed by atoms with Crippen molar-refractivity contribution < 1.29 is 17.6 Å². The van der Waals surface area contributed by atoms with Gasteiger partial charge >= 0.3 is 0 Å². The second-order valence-corrected chi connectivity index (χ2v) is 6.69. The highest BCUT2D eigenvalue weighted by atomic mass is 32.2. The molecule has 1 heterocycles. The molecule has 0 atom stereocenters. The number of carbonyl (C=O) groups is 1. The van der Waals surface area contributed by atoms with E-state index in [0.717, 1.165) is 17.4 Å².